The van der Waals surface area contributed by atoms with Gasteiger partial charge in [0.2, 0.25) is 0 Å². The van der Waals surface area contributed by atoms with Crippen molar-refractivity contribution in [3.05, 3.63) is 58.2 Å². The number of hydrogen-bond donors (Lipinski definition) is 0. The molecule has 1 aromatic rings. The molecule has 0 spiro atoms. The summed E-state index contributed by atoms with van der Waals surface area (Å²) in [5.74, 6) is 1.82. The Morgan fingerprint density at radius 2 is 1.29 bits per heavy atom. The van der Waals surface area contributed by atoms with Gasteiger partial charge in [-0.1, -0.05) is 109 Å². The van der Waals surface area contributed by atoms with Gasteiger partial charge in [0, 0.05) is 22.3 Å². The molecule has 0 aromatic heterocycles. The minimum absolute atomic E-state index is 0.0276. The van der Waals surface area contributed by atoms with Crippen LogP contribution in [0, 0.1) is 17.8 Å². The maximum absolute atomic E-state index is 13.7. The van der Waals surface area contributed by atoms with E-state index in [0.29, 0.717) is 23.1 Å². The molecule has 2 unspecified atom stereocenters. The van der Waals surface area contributed by atoms with Crippen LogP contribution in [0.2, 0.25) is 0 Å². The molecule has 0 saturated heterocycles. The van der Waals surface area contributed by atoms with Crippen molar-refractivity contribution < 1.29 is 14.0 Å². The molecular formula is C31H45FO2. The SMILES string of the molecule is CC(=CCC1=C(CF)C(=O)c2ccccc2C1=O)CCCC(C)CCCC(C)CCCC(C)C. The minimum atomic E-state index is -0.894. The summed E-state index contributed by atoms with van der Waals surface area (Å²) >= 11 is 0. The van der Waals surface area contributed by atoms with Crippen molar-refractivity contribution in [1.29, 1.82) is 0 Å². The van der Waals surface area contributed by atoms with Gasteiger partial charge in [-0.25, -0.2) is 4.39 Å². The lowest BCUT2D eigenvalue weighted by Crippen LogP contribution is -2.23. The number of Topliss-reactive ketones (excluding diaryl/α,β-unsaturated/α-hetero) is 2. The van der Waals surface area contributed by atoms with Crippen molar-refractivity contribution in [3.8, 4) is 0 Å². The van der Waals surface area contributed by atoms with Crippen molar-refractivity contribution in [2.24, 2.45) is 17.8 Å². The van der Waals surface area contributed by atoms with E-state index in [-0.39, 0.29) is 17.1 Å². The molecule has 2 rings (SSSR count). The molecule has 0 heterocycles. The van der Waals surface area contributed by atoms with Crippen LogP contribution in [0.25, 0.3) is 0 Å². The normalized spacial score (nSPS) is 16.3. The first-order valence-electron chi connectivity index (χ1n) is 13.4. The number of ketones is 2. The number of carbonyl (C=O) groups excluding carboxylic acids is 2. The molecule has 0 fully saturated rings. The van der Waals surface area contributed by atoms with E-state index in [1.807, 2.05) is 6.08 Å². The molecular weight excluding hydrogens is 423 g/mol. The molecule has 2 nitrogen and oxygen atoms in total. The number of halogens is 1. The van der Waals surface area contributed by atoms with Gasteiger partial charge in [-0.15, -0.1) is 0 Å². The zero-order chi connectivity index (χ0) is 25.1. The topological polar surface area (TPSA) is 34.1 Å². The quantitative estimate of drug-likeness (QED) is 0.240. The molecule has 1 aromatic carbocycles. The fourth-order valence-corrected chi connectivity index (χ4v) is 4.92. The van der Waals surface area contributed by atoms with Crippen molar-refractivity contribution in [1.82, 2.24) is 0 Å². The summed E-state index contributed by atoms with van der Waals surface area (Å²) in [6.45, 7) is 10.5. The van der Waals surface area contributed by atoms with Gasteiger partial charge in [0.05, 0.1) is 0 Å². The van der Waals surface area contributed by atoms with Crippen LogP contribution < -0.4 is 0 Å². The van der Waals surface area contributed by atoms with Gasteiger partial charge < -0.3 is 0 Å². The Morgan fingerprint density at radius 1 is 0.794 bits per heavy atom. The fourth-order valence-electron chi connectivity index (χ4n) is 4.92. The monoisotopic (exact) mass is 468 g/mol. The van der Waals surface area contributed by atoms with Crippen molar-refractivity contribution in [2.45, 2.75) is 98.8 Å². The van der Waals surface area contributed by atoms with E-state index in [0.717, 1.165) is 30.6 Å². The number of rotatable bonds is 15. The van der Waals surface area contributed by atoms with E-state index in [1.165, 1.54) is 50.5 Å². The molecule has 1 aliphatic carbocycles. The summed E-state index contributed by atoms with van der Waals surface area (Å²) in [5, 5.41) is 0. The lowest BCUT2D eigenvalue weighted by molar-refractivity contribution is 0.0967. The van der Waals surface area contributed by atoms with Crippen molar-refractivity contribution in [3.63, 3.8) is 0 Å². The first-order chi connectivity index (χ1) is 16.2. The smallest absolute Gasteiger partial charge is 0.192 e. The first kappa shape index (κ1) is 28.2. The Labute approximate surface area is 207 Å². The molecule has 34 heavy (non-hydrogen) atoms. The lowest BCUT2D eigenvalue weighted by atomic mass is 9.83. The summed E-state index contributed by atoms with van der Waals surface area (Å²) in [7, 11) is 0. The Balaban J connectivity index is 1.75. The largest absolute Gasteiger partial charge is 0.289 e. The van der Waals surface area contributed by atoms with Crippen LogP contribution in [-0.4, -0.2) is 18.2 Å². The number of allylic oxidation sites excluding steroid dienone is 4. The molecule has 2 atom stereocenters. The molecule has 0 radical (unpaired) electrons. The molecule has 0 aliphatic heterocycles. The van der Waals surface area contributed by atoms with Crippen LogP contribution in [0.5, 0.6) is 0 Å². The molecule has 0 amide bonds. The van der Waals surface area contributed by atoms with Crippen molar-refractivity contribution >= 4 is 11.6 Å². The van der Waals surface area contributed by atoms with E-state index >= 15 is 0 Å². The van der Waals surface area contributed by atoms with Gasteiger partial charge >= 0.3 is 0 Å². The Morgan fingerprint density at radius 3 is 1.82 bits per heavy atom. The van der Waals surface area contributed by atoms with E-state index in [2.05, 4.69) is 34.6 Å². The molecule has 0 saturated carbocycles. The second-order valence-electron chi connectivity index (χ2n) is 10.9. The van der Waals surface area contributed by atoms with Gasteiger partial charge in [-0.2, -0.15) is 0 Å². The van der Waals surface area contributed by atoms with E-state index in [9.17, 15) is 14.0 Å². The number of benzene rings is 1. The molecule has 1 aliphatic rings. The molecule has 0 N–H and O–H groups in total. The van der Waals surface area contributed by atoms with Gasteiger partial charge in [-0.05, 0) is 43.9 Å². The number of hydrogen-bond acceptors (Lipinski definition) is 2. The van der Waals surface area contributed by atoms with Gasteiger partial charge in [-0.3, -0.25) is 9.59 Å². The zero-order valence-corrected chi connectivity index (χ0v) is 22.1. The summed E-state index contributed by atoms with van der Waals surface area (Å²) in [6.07, 6.45) is 13.6. The highest BCUT2D eigenvalue weighted by atomic mass is 19.1. The van der Waals surface area contributed by atoms with Crippen LogP contribution in [0.1, 0.15) is 120 Å². The Kier molecular flexibility index (Phi) is 11.9. The molecule has 0 bridgehead atoms. The predicted molar refractivity (Wildman–Crippen MR) is 141 cm³/mol. The summed E-state index contributed by atoms with van der Waals surface area (Å²) < 4.78 is 13.7. The molecule has 3 heteroatoms. The third-order valence-electron chi connectivity index (χ3n) is 7.26. The highest BCUT2D eigenvalue weighted by Crippen LogP contribution is 2.29. The van der Waals surface area contributed by atoms with Gasteiger partial charge in [0.25, 0.3) is 0 Å². The Hall–Kier alpha value is -2.03. The first-order valence-corrected chi connectivity index (χ1v) is 13.4. The third-order valence-corrected chi connectivity index (χ3v) is 7.26. The predicted octanol–water partition coefficient (Wildman–Crippen LogP) is 9.11. The summed E-state index contributed by atoms with van der Waals surface area (Å²) in [6, 6.07) is 6.73. The zero-order valence-electron chi connectivity index (χ0n) is 22.1. The standard InChI is InChI=1S/C31H45FO2/c1-22(2)11-8-12-23(3)13-9-14-24(4)15-10-16-25(5)19-20-28-29(21-32)31(34)27-18-7-6-17-26(27)30(28)33/h6-7,17-19,22-24H,8-16,20-21H2,1-5H3. The summed E-state index contributed by atoms with van der Waals surface area (Å²) in [4.78, 5) is 25.5. The fraction of sp³-hybridized carbons (Fsp3) is 0.613. The van der Waals surface area contributed by atoms with Crippen LogP contribution in [0.15, 0.2) is 47.1 Å². The van der Waals surface area contributed by atoms with Gasteiger partial charge in [0.1, 0.15) is 6.67 Å². The number of carbonyl (C=O) groups is 2. The minimum Gasteiger partial charge on any atom is -0.289 e. The second kappa shape index (κ2) is 14.4. The van der Waals surface area contributed by atoms with Gasteiger partial charge in [0.15, 0.2) is 11.6 Å². The second-order valence-corrected chi connectivity index (χ2v) is 10.9. The van der Waals surface area contributed by atoms with E-state index in [1.54, 1.807) is 24.3 Å². The average Bonchev–Trinajstić information content (AvgIpc) is 2.80. The van der Waals surface area contributed by atoms with E-state index in [4.69, 9.17) is 0 Å². The highest BCUT2D eigenvalue weighted by Gasteiger charge is 2.30. The highest BCUT2D eigenvalue weighted by molar-refractivity contribution is 6.27. The van der Waals surface area contributed by atoms with Crippen LogP contribution >= 0.6 is 0 Å². The third kappa shape index (κ3) is 8.64. The van der Waals surface area contributed by atoms with Crippen LogP contribution in [-0.2, 0) is 0 Å². The Bertz CT molecular complexity index is 877. The van der Waals surface area contributed by atoms with Crippen molar-refractivity contribution in [2.75, 3.05) is 6.67 Å². The van der Waals surface area contributed by atoms with Crippen LogP contribution in [0.3, 0.4) is 0 Å². The van der Waals surface area contributed by atoms with E-state index < -0.39 is 6.67 Å². The maximum Gasteiger partial charge on any atom is 0.192 e. The number of fused-ring (bicyclic) bond motifs is 1. The average molecular weight is 469 g/mol. The summed E-state index contributed by atoms with van der Waals surface area (Å²) in [5.41, 5.74) is 2.27. The lowest BCUT2D eigenvalue weighted by Gasteiger charge is -2.19. The molecule has 188 valence electrons. The van der Waals surface area contributed by atoms with Crippen LogP contribution in [0.4, 0.5) is 4.39 Å². The maximum atomic E-state index is 13.7. The number of alkyl halides is 1.